The second-order valence-electron chi connectivity index (χ2n) is 4.30. The molecule has 1 aromatic rings. The summed E-state index contributed by atoms with van der Waals surface area (Å²) in [6.07, 6.45) is 2.25. The number of hydrogen-bond acceptors (Lipinski definition) is 6. The Hall–Kier alpha value is -1.92. The van der Waals surface area contributed by atoms with Crippen molar-refractivity contribution in [3.05, 3.63) is 16.3 Å². The van der Waals surface area contributed by atoms with E-state index < -0.39 is 4.92 Å². The number of nitro groups is 1. The minimum absolute atomic E-state index is 0.0696. The summed E-state index contributed by atoms with van der Waals surface area (Å²) < 4.78 is 0. The summed E-state index contributed by atoms with van der Waals surface area (Å²) >= 11 is 0. The van der Waals surface area contributed by atoms with Crippen molar-refractivity contribution in [2.24, 2.45) is 5.92 Å². The molecule has 0 saturated carbocycles. The van der Waals surface area contributed by atoms with Gasteiger partial charge in [-0.1, -0.05) is 20.3 Å². The van der Waals surface area contributed by atoms with Gasteiger partial charge < -0.3 is 10.2 Å². The monoisotopic (exact) mass is 253 g/mol. The van der Waals surface area contributed by atoms with Crippen molar-refractivity contribution in [1.82, 2.24) is 9.97 Å². The van der Waals surface area contributed by atoms with Gasteiger partial charge in [-0.25, -0.2) is 4.98 Å². The Bertz CT molecular complexity index is 424. The topological polar surface area (TPSA) is 84.2 Å². The maximum absolute atomic E-state index is 11.0. The number of rotatable bonds is 6. The van der Waals surface area contributed by atoms with Gasteiger partial charge in [-0.05, 0) is 5.92 Å². The van der Waals surface area contributed by atoms with Crippen LogP contribution in [0.5, 0.6) is 0 Å². The van der Waals surface area contributed by atoms with Crippen LogP contribution >= 0.6 is 0 Å². The molecule has 1 aromatic heterocycles. The molecular weight excluding hydrogens is 234 g/mol. The highest BCUT2D eigenvalue weighted by Gasteiger charge is 2.21. The Morgan fingerprint density at radius 2 is 2.28 bits per heavy atom. The highest BCUT2D eigenvalue weighted by Crippen LogP contribution is 2.25. The molecule has 1 N–H and O–H groups in total. The molecule has 0 saturated heterocycles. The van der Waals surface area contributed by atoms with E-state index in [9.17, 15) is 10.1 Å². The van der Waals surface area contributed by atoms with Gasteiger partial charge in [0.25, 0.3) is 0 Å². The SMILES string of the molecule is CCC(C)CN(C)c1nc(NC)ncc1[N+](=O)[O-]. The standard InChI is InChI=1S/C11H19N5O2/c1-5-8(2)7-15(4)10-9(16(17)18)6-13-11(12-3)14-10/h6,8H,5,7H2,1-4H3,(H,12,13,14). The molecule has 1 rings (SSSR count). The Balaban J connectivity index is 3.06. The van der Waals surface area contributed by atoms with Crippen LogP contribution in [-0.4, -0.2) is 35.5 Å². The van der Waals surface area contributed by atoms with Crippen molar-refractivity contribution in [2.75, 3.05) is 30.9 Å². The molecule has 0 amide bonds. The van der Waals surface area contributed by atoms with Crippen LogP contribution in [0.15, 0.2) is 6.20 Å². The largest absolute Gasteiger partial charge is 0.357 e. The van der Waals surface area contributed by atoms with E-state index in [1.807, 2.05) is 0 Å². The summed E-state index contributed by atoms with van der Waals surface area (Å²) in [4.78, 5) is 20.3. The van der Waals surface area contributed by atoms with Crippen LogP contribution in [0.2, 0.25) is 0 Å². The van der Waals surface area contributed by atoms with E-state index in [2.05, 4.69) is 29.1 Å². The van der Waals surface area contributed by atoms with Gasteiger partial charge in [0.2, 0.25) is 11.8 Å². The van der Waals surface area contributed by atoms with E-state index in [0.29, 0.717) is 17.7 Å². The van der Waals surface area contributed by atoms with Gasteiger partial charge in [-0.2, -0.15) is 4.98 Å². The lowest BCUT2D eigenvalue weighted by molar-refractivity contribution is -0.384. The zero-order chi connectivity index (χ0) is 13.7. The van der Waals surface area contributed by atoms with Crippen LogP contribution in [-0.2, 0) is 0 Å². The number of nitrogens with zero attached hydrogens (tertiary/aromatic N) is 4. The van der Waals surface area contributed by atoms with E-state index in [-0.39, 0.29) is 5.69 Å². The Kier molecular flexibility index (Phi) is 4.82. The van der Waals surface area contributed by atoms with Crippen LogP contribution < -0.4 is 10.2 Å². The van der Waals surface area contributed by atoms with Crippen LogP contribution in [0.25, 0.3) is 0 Å². The Morgan fingerprint density at radius 3 is 2.78 bits per heavy atom. The van der Waals surface area contributed by atoms with E-state index in [0.717, 1.165) is 13.0 Å². The minimum Gasteiger partial charge on any atom is -0.357 e. The maximum Gasteiger partial charge on any atom is 0.329 e. The lowest BCUT2D eigenvalue weighted by Gasteiger charge is -2.21. The van der Waals surface area contributed by atoms with Crippen molar-refractivity contribution in [1.29, 1.82) is 0 Å². The summed E-state index contributed by atoms with van der Waals surface area (Å²) in [6.45, 7) is 4.91. The molecule has 0 aliphatic carbocycles. The van der Waals surface area contributed by atoms with Gasteiger partial charge in [-0.3, -0.25) is 10.1 Å². The van der Waals surface area contributed by atoms with E-state index in [4.69, 9.17) is 0 Å². The molecule has 0 aliphatic rings. The van der Waals surface area contributed by atoms with Gasteiger partial charge in [0, 0.05) is 20.6 Å². The van der Waals surface area contributed by atoms with E-state index in [1.165, 1.54) is 6.20 Å². The van der Waals surface area contributed by atoms with Gasteiger partial charge in [0.05, 0.1) is 4.92 Å². The van der Waals surface area contributed by atoms with Crippen LogP contribution in [0.1, 0.15) is 20.3 Å². The van der Waals surface area contributed by atoms with Gasteiger partial charge in [0.15, 0.2) is 0 Å². The lowest BCUT2D eigenvalue weighted by atomic mass is 10.1. The number of anilines is 2. The lowest BCUT2D eigenvalue weighted by Crippen LogP contribution is -2.25. The average Bonchev–Trinajstić information content (AvgIpc) is 2.37. The fourth-order valence-corrected chi connectivity index (χ4v) is 1.58. The van der Waals surface area contributed by atoms with Crippen molar-refractivity contribution >= 4 is 17.5 Å². The molecule has 0 spiro atoms. The molecule has 7 heteroatoms. The molecule has 1 atom stereocenters. The van der Waals surface area contributed by atoms with Crippen molar-refractivity contribution in [3.8, 4) is 0 Å². The van der Waals surface area contributed by atoms with Crippen molar-refractivity contribution in [2.45, 2.75) is 20.3 Å². The van der Waals surface area contributed by atoms with E-state index in [1.54, 1.807) is 19.0 Å². The fourth-order valence-electron chi connectivity index (χ4n) is 1.58. The molecule has 0 aliphatic heterocycles. The molecule has 0 bridgehead atoms. The summed E-state index contributed by atoms with van der Waals surface area (Å²) in [6, 6.07) is 0. The Labute approximate surface area is 106 Å². The molecule has 0 radical (unpaired) electrons. The Morgan fingerprint density at radius 1 is 1.61 bits per heavy atom. The first-order valence-corrected chi connectivity index (χ1v) is 5.89. The quantitative estimate of drug-likeness (QED) is 0.615. The first kappa shape index (κ1) is 14.1. The number of hydrogen-bond donors (Lipinski definition) is 1. The molecule has 1 heterocycles. The zero-order valence-corrected chi connectivity index (χ0v) is 11.2. The van der Waals surface area contributed by atoms with Gasteiger partial charge in [-0.15, -0.1) is 0 Å². The normalized spacial score (nSPS) is 12.0. The van der Waals surface area contributed by atoms with E-state index >= 15 is 0 Å². The fraction of sp³-hybridized carbons (Fsp3) is 0.636. The van der Waals surface area contributed by atoms with Crippen molar-refractivity contribution < 1.29 is 4.92 Å². The number of aromatic nitrogens is 2. The molecule has 0 fully saturated rings. The summed E-state index contributed by atoms with van der Waals surface area (Å²) in [5, 5.41) is 13.7. The highest BCUT2D eigenvalue weighted by atomic mass is 16.6. The third-order valence-corrected chi connectivity index (χ3v) is 2.81. The molecule has 18 heavy (non-hydrogen) atoms. The first-order chi connectivity index (χ1) is 8.49. The molecular formula is C11H19N5O2. The maximum atomic E-state index is 11.0. The van der Waals surface area contributed by atoms with Crippen LogP contribution in [0.4, 0.5) is 17.5 Å². The van der Waals surface area contributed by atoms with Crippen LogP contribution in [0, 0.1) is 16.0 Å². The average molecular weight is 253 g/mol. The zero-order valence-electron chi connectivity index (χ0n) is 11.2. The summed E-state index contributed by atoms with van der Waals surface area (Å²) in [5.74, 6) is 1.17. The predicted molar refractivity (Wildman–Crippen MR) is 71.0 cm³/mol. The summed E-state index contributed by atoms with van der Waals surface area (Å²) in [7, 11) is 3.49. The summed E-state index contributed by atoms with van der Waals surface area (Å²) in [5.41, 5.74) is -0.0696. The smallest absolute Gasteiger partial charge is 0.329 e. The minimum atomic E-state index is -0.456. The molecule has 100 valence electrons. The van der Waals surface area contributed by atoms with Crippen molar-refractivity contribution in [3.63, 3.8) is 0 Å². The predicted octanol–water partition coefficient (Wildman–Crippen LogP) is 1.91. The van der Waals surface area contributed by atoms with Gasteiger partial charge in [0.1, 0.15) is 6.20 Å². The number of nitrogens with one attached hydrogen (secondary N) is 1. The third kappa shape index (κ3) is 3.28. The second-order valence-corrected chi connectivity index (χ2v) is 4.30. The second kappa shape index (κ2) is 6.13. The van der Waals surface area contributed by atoms with Gasteiger partial charge >= 0.3 is 5.69 Å². The third-order valence-electron chi connectivity index (χ3n) is 2.81. The molecule has 7 nitrogen and oxygen atoms in total. The first-order valence-electron chi connectivity index (χ1n) is 5.89. The molecule has 0 aromatic carbocycles. The van der Waals surface area contributed by atoms with Crippen LogP contribution in [0.3, 0.4) is 0 Å². The molecule has 1 unspecified atom stereocenters. The highest BCUT2D eigenvalue weighted by molar-refractivity contribution is 5.58.